The Labute approximate surface area is 201 Å². The molecule has 0 aromatic heterocycles. The molecule has 1 aliphatic heterocycles. The number of anilines is 1. The van der Waals surface area contributed by atoms with Crippen molar-refractivity contribution in [2.24, 2.45) is 0 Å². The minimum atomic E-state index is -3.19. The Balaban J connectivity index is 1.62. The lowest BCUT2D eigenvalue weighted by Crippen LogP contribution is -2.49. The molecule has 178 valence electrons. The van der Waals surface area contributed by atoms with Crippen LogP contribution in [0.5, 0.6) is 5.75 Å². The summed E-state index contributed by atoms with van der Waals surface area (Å²) < 4.78 is 30.5. The molecular weight excluding hydrogens is 495 g/mol. The lowest BCUT2D eigenvalue weighted by Gasteiger charge is -2.33. The number of amides is 1. The zero-order valence-electron chi connectivity index (χ0n) is 17.7. The van der Waals surface area contributed by atoms with Crippen LogP contribution in [0.25, 0.3) is 0 Å². The summed E-state index contributed by atoms with van der Waals surface area (Å²) in [7, 11) is -3.19. The molecule has 3 rings (SSSR count). The fourth-order valence-electron chi connectivity index (χ4n) is 3.28. The van der Waals surface area contributed by atoms with Crippen molar-refractivity contribution in [3.05, 3.63) is 62.1 Å². The summed E-state index contributed by atoms with van der Waals surface area (Å²) in [6.07, 6.45) is 1.20. The summed E-state index contributed by atoms with van der Waals surface area (Å²) in [5.41, 5.74) is 0.197. The standard InChI is InChI=1S/C20H22Cl2N4O6S/c1-33(30,31)25-8-6-24(7-9-25)10-11-32-19-5-2-14(21)12-16(19)20(27)23-18-4-3-15(26(28)29)13-17(18)22/h2-5,12-13H,6-11H2,1H3,(H,23,27). The van der Waals surface area contributed by atoms with Gasteiger partial charge in [-0.1, -0.05) is 23.2 Å². The number of carbonyl (C=O) groups is 1. The minimum Gasteiger partial charge on any atom is -0.491 e. The van der Waals surface area contributed by atoms with Crippen molar-refractivity contribution >= 4 is 50.5 Å². The monoisotopic (exact) mass is 516 g/mol. The third-order valence-electron chi connectivity index (χ3n) is 5.06. The van der Waals surface area contributed by atoms with Crippen molar-refractivity contribution in [1.82, 2.24) is 9.21 Å². The first-order valence-electron chi connectivity index (χ1n) is 9.90. The van der Waals surface area contributed by atoms with Crippen molar-refractivity contribution < 1.29 is 22.9 Å². The van der Waals surface area contributed by atoms with Gasteiger partial charge < -0.3 is 10.1 Å². The van der Waals surface area contributed by atoms with Crippen molar-refractivity contribution in [3.8, 4) is 5.75 Å². The highest BCUT2D eigenvalue weighted by molar-refractivity contribution is 7.88. The third kappa shape index (κ3) is 6.78. The number of nitrogens with zero attached hydrogens (tertiary/aromatic N) is 3. The van der Waals surface area contributed by atoms with E-state index in [1.807, 2.05) is 0 Å². The van der Waals surface area contributed by atoms with Crippen LogP contribution in [0.15, 0.2) is 36.4 Å². The van der Waals surface area contributed by atoms with E-state index in [-0.39, 0.29) is 28.6 Å². The molecule has 0 saturated carbocycles. The fraction of sp³-hybridized carbons (Fsp3) is 0.350. The molecule has 1 N–H and O–H groups in total. The Morgan fingerprint density at radius 1 is 1.15 bits per heavy atom. The number of nitrogens with one attached hydrogen (secondary N) is 1. The molecule has 1 heterocycles. The molecule has 0 spiro atoms. The Hall–Kier alpha value is -2.44. The average Bonchev–Trinajstić information content (AvgIpc) is 2.75. The molecule has 1 aliphatic rings. The summed E-state index contributed by atoms with van der Waals surface area (Å²) >= 11 is 12.1. The van der Waals surface area contributed by atoms with E-state index in [4.69, 9.17) is 27.9 Å². The van der Waals surface area contributed by atoms with Gasteiger partial charge in [-0.3, -0.25) is 19.8 Å². The third-order valence-corrected chi connectivity index (χ3v) is 6.91. The van der Waals surface area contributed by atoms with Crippen LogP contribution in [0.3, 0.4) is 0 Å². The van der Waals surface area contributed by atoms with E-state index in [0.29, 0.717) is 43.5 Å². The number of rotatable bonds is 8. The SMILES string of the molecule is CS(=O)(=O)N1CCN(CCOc2ccc(Cl)cc2C(=O)Nc2ccc([N+](=O)[O-])cc2Cl)CC1. The molecule has 33 heavy (non-hydrogen) atoms. The molecule has 0 radical (unpaired) electrons. The van der Waals surface area contributed by atoms with Crippen LogP contribution in [0.4, 0.5) is 11.4 Å². The summed E-state index contributed by atoms with van der Waals surface area (Å²) in [6.45, 7) is 2.84. The average molecular weight is 517 g/mol. The molecule has 2 aromatic carbocycles. The summed E-state index contributed by atoms with van der Waals surface area (Å²) in [5, 5.41) is 13.8. The number of carbonyl (C=O) groups excluding carboxylic acids is 1. The molecule has 13 heteroatoms. The number of nitro groups is 1. The van der Waals surface area contributed by atoms with E-state index in [9.17, 15) is 23.3 Å². The maximum Gasteiger partial charge on any atom is 0.271 e. The number of hydrogen-bond donors (Lipinski definition) is 1. The largest absolute Gasteiger partial charge is 0.491 e. The molecule has 0 unspecified atom stereocenters. The first kappa shape index (κ1) is 25.2. The molecule has 2 aromatic rings. The molecule has 1 amide bonds. The lowest BCUT2D eigenvalue weighted by atomic mass is 10.1. The Bertz CT molecular complexity index is 1150. The molecule has 1 fully saturated rings. The highest BCUT2D eigenvalue weighted by Crippen LogP contribution is 2.29. The predicted octanol–water partition coefficient (Wildman–Crippen LogP) is 3.11. The minimum absolute atomic E-state index is 0.0234. The highest BCUT2D eigenvalue weighted by Gasteiger charge is 2.23. The first-order chi connectivity index (χ1) is 15.5. The van der Waals surface area contributed by atoms with Gasteiger partial charge in [0, 0.05) is 49.9 Å². The number of ether oxygens (including phenoxy) is 1. The second-order valence-corrected chi connectivity index (χ2v) is 10.2. The van der Waals surface area contributed by atoms with Crippen molar-refractivity contribution in [2.45, 2.75) is 0 Å². The second-order valence-electron chi connectivity index (χ2n) is 7.37. The Morgan fingerprint density at radius 2 is 1.85 bits per heavy atom. The van der Waals surface area contributed by atoms with Gasteiger partial charge in [-0.25, -0.2) is 8.42 Å². The zero-order chi connectivity index (χ0) is 24.2. The maximum atomic E-state index is 12.8. The number of halogens is 2. The Kier molecular flexibility index (Phi) is 8.14. The van der Waals surface area contributed by atoms with E-state index in [1.165, 1.54) is 28.8 Å². The smallest absolute Gasteiger partial charge is 0.271 e. The number of benzene rings is 2. The quantitative estimate of drug-likeness (QED) is 0.422. The second kappa shape index (κ2) is 10.7. The van der Waals surface area contributed by atoms with Crippen LogP contribution >= 0.6 is 23.2 Å². The Morgan fingerprint density at radius 3 is 2.45 bits per heavy atom. The van der Waals surface area contributed by atoms with Gasteiger partial charge in [-0.05, 0) is 24.3 Å². The molecule has 0 aliphatic carbocycles. The van der Waals surface area contributed by atoms with Gasteiger partial charge in [0.15, 0.2) is 0 Å². The van der Waals surface area contributed by atoms with Gasteiger partial charge in [0.05, 0.1) is 27.5 Å². The van der Waals surface area contributed by atoms with Crippen LogP contribution in [-0.4, -0.2) is 74.0 Å². The van der Waals surface area contributed by atoms with E-state index in [2.05, 4.69) is 10.2 Å². The van der Waals surface area contributed by atoms with Crippen LogP contribution < -0.4 is 10.1 Å². The number of hydrogen-bond acceptors (Lipinski definition) is 7. The van der Waals surface area contributed by atoms with Crippen LogP contribution in [-0.2, 0) is 10.0 Å². The van der Waals surface area contributed by atoms with Gasteiger partial charge in [-0.15, -0.1) is 0 Å². The van der Waals surface area contributed by atoms with Gasteiger partial charge in [0.25, 0.3) is 11.6 Å². The van der Waals surface area contributed by atoms with Gasteiger partial charge in [0.2, 0.25) is 10.0 Å². The number of sulfonamides is 1. The highest BCUT2D eigenvalue weighted by atomic mass is 35.5. The lowest BCUT2D eigenvalue weighted by molar-refractivity contribution is -0.384. The van der Waals surface area contributed by atoms with Gasteiger partial charge >= 0.3 is 0 Å². The molecule has 0 atom stereocenters. The first-order valence-corrected chi connectivity index (χ1v) is 12.5. The zero-order valence-corrected chi connectivity index (χ0v) is 20.0. The van der Waals surface area contributed by atoms with Crippen LogP contribution in [0, 0.1) is 10.1 Å². The molecular formula is C20H22Cl2N4O6S. The van der Waals surface area contributed by atoms with Crippen molar-refractivity contribution in [2.75, 3.05) is 50.9 Å². The van der Waals surface area contributed by atoms with Crippen LogP contribution in [0.1, 0.15) is 10.4 Å². The number of piperazine rings is 1. The normalized spacial score (nSPS) is 15.2. The summed E-state index contributed by atoms with van der Waals surface area (Å²) in [4.78, 5) is 25.2. The van der Waals surface area contributed by atoms with Crippen molar-refractivity contribution in [1.29, 1.82) is 0 Å². The van der Waals surface area contributed by atoms with E-state index < -0.39 is 20.9 Å². The van der Waals surface area contributed by atoms with Crippen molar-refractivity contribution in [3.63, 3.8) is 0 Å². The van der Waals surface area contributed by atoms with Gasteiger partial charge in [-0.2, -0.15) is 4.31 Å². The van der Waals surface area contributed by atoms with Crippen LogP contribution in [0.2, 0.25) is 10.0 Å². The predicted molar refractivity (Wildman–Crippen MR) is 126 cm³/mol. The van der Waals surface area contributed by atoms with E-state index >= 15 is 0 Å². The molecule has 10 nitrogen and oxygen atoms in total. The van der Waals surface area contributed by atoms with E-state index in [1.54, 1.807) is 12.1 Å². The number of non-ortho nitro benzene ring substituents is 1. The summed E-state index contributed by atoms with van der Waals surface area (Å²) in [5.74, 6) is -0.227. The topological polar surface area (TPSA) is 122 Å². The fourth-order valence-corrected chi connectivity index (χ4v) is 4.50. The number of nitro benzene ring substituents is 1. The molecule has 0 bridgehead atoms. The maximum absolute atomic E-state index is 12.8. The van der Waals surface area contributed by atoms with Gasteiger partial charge in [0.1, 0.15) is 12.4 Å². The molecule has 1 saturated heterocycles. The van der Waals surface area contributed by atoms with E-state index in [0.717, 1.165) is 6.07 Å². The summed E-state index contributed by atoms with van der Waals surface area (Å²) in [6, 6.07) is 8.36.